The molecule has 0 aromatic carbocycles. The maximum atomic E-state index is 12.8. The molecular weight excluding hydrogens is 949 g/mol. The van der Waals surface area contributed by atoms with Gasteiger partial charge in [0, 0.05) is 19.3 Å². The normalized spacial score (nSPS) is 13.4. The van der Waals surface area contributed by atoms with E-state index in [1.807, 2.05) is 0 Å². The van der Waals surface area contributed by atoms with Crippen LogP contribution in [0.25, 0.3) is 0 Å². The molecule has 0 saturated heterocycles. The molecule has 0 aliphatic rings. The lowest BCUT2D eigenvalue weighted by Crippen LogP contribution is -2.30. The second kappa shape index (κ2) is 63.0. The topological polar surface area (TPSA) is 78.9 Å². The highest BCUT2D eigenvalue weighted by molar-refractivity contribution is 5.71. The Bertz CT molecular complexity index is 1840. The van der Waals surface area contributed by atoms with Crippen molar-refractivity contribution in [2.24, 2.45) is 0 Å². The summed E-state index contributed by atoms with van der Waals surface area (Å²) in [7, 11) is 0. The van der Waals surface area contributed by atoms with Crippen molar-refractivity contribution in [1.82, 2.24) is 0 Å². The van der Waals surface area contributed by atoms with E-state index >= 15 is 0 Å². The first-order valence-corrected chi connectivity index (χ1v) is 30.3. The van der Waals surface area contributed by atoms with Gasteiger partial charge in [-0.15, -0.1) is 0 Å². The number of ether oxygens (including phenoxy) is 3. The van der Waals surface area contributed by atoms with Gasteiger partial charge in [-0.25, -0.2) is 0 Å². The van der Waals surface area contributed by atoms with E-state index in [4.69, 9.17) is 14.2 Å². The largest absolute Gasteiger partial charge is 0.462 e. The van der Waals surface area contributed by atoms with Gasteiger partial charge in [0.25, 0.3) is 0 Å². The predicted molar refractivity (Wildman–Crippen MR) is 334 cm³/mol. The molecule has 0 spiro atoms. The Hall–Kier alpha value is -5.49. The Labute approximate surface area is 472 Å². The molecule has 6 heteroatoms. The van der Waals surface area contributed by atoms with Crippen LogP contribution < -0.4 is 0 Å². The fraction of sp³-hybridized carbons (Fsp3) is 0.535. The lowest BCUT2D eigenvalue weighted by molar-refractivity contribution is -0.167. The SMILES string of the molecule is CC/C=C\C/C=C\C/C=C\C/C=C\C/C=C\C/C=C\C/C=C\C/C=C\C/C=C\CCCCCC(=O)OCC(COC(=O)CCCCCCC/C=C\CCCC)OC(=O)CCC/C=C\C/C=C\C/C=C\C/C=C\C/C=C\CC. The summed E-state index contributed by atoms with van der Waals surface area (Å²) in [4.78, 5) is 38.1. The molecule has 0 radical (unpaired) electrons. The second-order valence-electron chi connectivity index (χ2n) is 19.1. The lowest BCUT2D eigenvalue weighted by atomic mass is 10.1. The lowest BCUT2D eigenvalue weighted by Gasteiger charge is -2.18. The van der Waals surface area contributed by atoms with Crippen molar-refractivity contribution < 1.29 is 28.6 Å². The number of hydrogen-bond donors (Lipinski definition) is 0. The molecular formula is C71H108O6. The van der Waals surface area contributed by atoms with E-state index in [1.54, 1.807) is 0 Å². The smallest absolute Gasteiger partial charge is 0.306 e. The van der Waals surface area contributed by atoms with Crippen LogP contribution in [0.3, 0.4) is 0 Å². The standard InChI is InChI=1S/C71H108O6/c1-4-7-10-13-16-19-22-24-26-28-29-30-31-32-33-34-35-36-37-38-39-40-41-43-44-46-49-52-55-58-61-64-70(73)76-67-68(66-75-69(72)63-60-57-54-51-48-21-18-15-12-9-6-3)77-71(74)65-62-59-56-53-50-47-45-42-27-25-23-20-17-14-11-8-5-2/h7-8,10-11,15-20,24-27,29-30,32-33,35-36,38-39,41,43,45-47,49,53,56,68H,4-6,9,12-14,21-23,28,31,34,37,40,42,44,48,50-52,54-55,57-67H2,1-3H3/b10-7-,11-8-,18-15-,19-16-,20-17-,26-24-,27-25-,30-29-,33-32-,36-35-,39-38-,43-41-,47-45-,49-46-,56-53-. The van der Waals surface area contributed by atoms with E-state index in [0.717, 1.165) is 161 Å². The molecule has 428 valence electrons. The molecule has 0 N–H and O–H groups in total. The van der Waals surface area contributed by atoms with E-state index < -0.39 is 6.10 Å². The predicted octanol–water partition coefficient (Wildman–Crippen LogP) is 20.9. The summed E-state index contributed by atoms with van der Waals surface area (Å²) < 4.78 is 16.8. The van der Waals surface area contributed by atoms with Crippen LogP contribution in [0.1, 0.15) is 226 Å². The van der Waals surface area contributed by atoms with E-state index in [2.05, 4.69) is 203 Å². The first-order valence-electron chi connectivity index (χ1n) is 30.3. The van der Waals surface area contributed by atoms with Gasteiger partial charge in [-0.1, -0.05) is 242 Å². The van der Waals surface area contributed by atoms with Crippen molar-refractivity contribution in [3.05, 3.63) is 182 Å². The number of rotatable bonds is 52. The second-order valence-corrected chi connectivity index (χ2v) is 19.1. The molecule has 77 heavy (non-hydrogen) atoms. The zero-order valence-corrected chi connectivity index (χ0v) is 48.9. The van der Waals surface area contributed by atoms with Crippen LogP contribution in [0, 0.1) is 0 Å². The summed E-state index contributed by atoms with van der Waals surface area (Å²) >= 11 is 0. The van der Waals surface area contributed by atoms with Crippen molar-refractivity contribution >= 4 is 17.9 Å². The van der Waals surface area contributed by atoms with Crippen LogP contribution in [0.2, 0.25) is 0 Å². The van der Waals surface area contributed by atoms with Crippen LogP contribution in [-0.2, 0) is 28.6 Å². The van der Waals surface area contributed by atoms with Gasteiger partial charge in [0.15, 0.2) is 6.10 Å². The van der Waals surface area contributed by atoms with Gasteiger partial charge in [-0.3, -0.25) is 14.4 Å². The summed E-state index contributed by atoms with van der Waals surface area (Å²) in [6, 6.07) is 0. The van der Waals surface area contributed by atoms with Crippen molar-refractivity contribution in [3.63, 3.8) is 0 Å². The Kier molecular flexibility index (Phi) is 58.6. The van der Waals surface area contributed by atoms with Gasteiger partial charge < -0.3 is 14.2 Å². The molecule has 1 atom stereocenters. The first kappa shape index (κ1) is 71.5. The zero-order valence-electron chi connectivity index (χ0n) is 48.9. The van der Waals surface area contributed by atoms with E-state index in [1.165, 1.54) is 19.3 Å². The Morgan fingerprint density at radius 1 is 0.273 bits per heavy atom. The van der Waals surface area contributed by atoms with E-state index in [-0.39, 0.29) is 37.5 Å². The third-order valence-electron chi connectivity index (χ3n) is 11.9. The van der Waals surface area contributed by atoms with Gasteiger partial charge in [-0.2, -0.15) is 0 Å². The average Bonchev–Trinajstić information content (AvgIpc) is 3.43. The molecule has 0 fully saturated rings. The Morgan fingerprint density at radius 3 is 0.857 bits per heavy atom. The van der Waals surface area contributed by atoms with Crippen molar-refractivity contribution in [1.29, 1.82) is 0 Å². The molecule has 0 aromatic heterocycles. The maximum Gasteiger partial charge on any atom is 0.306 e. The van der Waals surface area contributed by atoms with Gasteiger partial charge in [0.1, 0.15) is 13.2 Å². The summed E-state index contributed by atoms with van der Waals surface area (Å²) in [5.41, 5.74) is 0. The molecule has 6 nitrogen and oxygen atoms in total. The van der Waals surface area contributed by atoms with Crippen LogP contribution in [0.4, 0.5) is 0 Å². The summed E-state index contributed by atoms with van der Waals surface area (Å²) in [6.45, 7) is 6.26. The number of hydrogen-bond acceptors (Lipinski definition) is 6. The fourth-order valence-corrected chi connectivity index (χ4v) is 7.39. The van der Waals surface area contributed by atoms with Gasteiger partial charge in [-0.05, 0) is 148 Å². The van der Waals surface area contributed by atoms with Crippen LogP contribution in [-0.4, -0.2) is 37.2 Å². The Morgan fingerprint density at radius 2 is 0.519 bits per heavy atom. The third-order valence-corrected chi connectivity index (χ3v) is 11.9. The monoisotopic (exact) mass is 1060 g/mol. The quantitative estimate of drug-likeness (QED) is 0.0261. The number of carbonyl (C=O) groups excluding carboxylic acids is 3. The number of allylic oxidation sites excluding steroid dienone is 30. The highest BCUT2D eigenvalue weighted by atomic mass is 16.6. The summed E-state index contributed by atoms with van der Waals surface area (Å²) in [5.74, 6) is -1.04. The molecule has 0 heterocycles. The summed E-state index contributed by atoms with van der Waals surface area (Å²) in [6.07, 6.45) is 94.7. The van der Waals surface area contributed by atoms with Gasteiger partial charge in [0.05, 0.1) is 0 Å². The maximum absolute atomic E-state index is 12.8. The molecule has 0 aliphatic carbocycles. The molecule has 0 bridgehead atoms. The molecule has 0 aromatic rings. The van der Waals surface area contributed by atoms with Gasteiger partial charge in [0.2, 0.25) is 0 Å². The van der Waals surface area contributed by atoms with Crippen molar-refractivity contribution in [2.75, 3.05) is 13.2 Å². The van der Waals surface area contributed by atoms with E-state index in [9.17, 15) is 14.4 Å². The van der Waals surface area contributed by atoms with Crippen LogP contribution in [0.5, 0.6) is 0 Å². The molecule has 1 unspecified atom stereocenters. The minimum atomic E-state index is -0.835. The van der Waals surface area contributed by atoms with Crippen LogP contribution >= 0.6 is 0 Å². The highest BCUT2D eigenvalue weighted by Gasteiger charge is 2.19. The van der Waals surface area contributed by atoms with Crippen LogP contribution in [0.15, 0.2) is 182 Å². The number of unbranched alkanes of at least 4 members (excludes halogenated alkanes) is 11. The summed E-state index contributed by atoms with van der Waals surface area (Å²) in [5, 5.41) is 0. The molecule has 0 aliphatic heterocycles. The highest BCUT2D eigenvalue weighted by Crippen LogP contribution is 2.12. The van der Waals surface area contributed by atoms with Crippen molar-refractivity contribution in [2.45, 2.75) is 232 Å². The Balaban J connectivity index is 4.45. The zero-order chi connectivity index (χ0) is 55.7. The van der Waals surface area contributed by atoms with Gasteiger partial charge >= 0.3 is 17.9 Å². The number of carbonyl (C=O) groups is 3. The van der Waals surface area contributed by atoms with E-state index in [0.29, 0.717) is 19.3 Å². The minimum absolute atomic E-state index is 0.125. The van der Waals surface area contributed by atoms with Crippen molar-refractivity contribution in [3.8, 4) is 0 Å². The first-order chi connectivity index (χ1) is 38.0. The molecule has 0 saturated carbocycles. The molecule has 0 amide bonds. The number of esters is 3. The molecule has 0 rings (SSSR count). The third kappa shape index (κ3) is 61.2. The average molecular weight is 1060 g/mol. The minimum Gasteiger partial charge on any atom is -0.462 e. The fourth-order valence-electron chi connectivity index (χ4n) is 7.39.